The summed E-state index contributed by atoms with van der Waals surface area (Å²) in [7, 11) is 0. The third kappa shape index (κ3) is 5.22. The van der Waals surface area contributed by atoms with Gasteiger partial charge in [0.15, 0.2) is 0 Å². The van der Waals surface area contributed by atoms with Gasteiger partial charge in [-0.15, -0.1) is 0 Å². The number of para-hydroxylation sites is 1. The maximum Gasteiger partial charge on any atom is 0.137 e. The van der Waals surface area contributed by atoms with E-state index >= 15 is 0 Å². The maximum absolute atomic E-state index is 6.02. The Morgan fingerprint density at radius 2 is 1.65 bits per heavy atom. The molecule has 0 spiro atoms. The van der Waals surface area contributed by atoms with E-state index in [1.807, 2.05) is 36.7 Å². The number of benzene rings is 1. The Hall–Kier alpha value is -1.54. The molecule has 0 atom stereocenters. The van der Waals surface area contributed by atoms with Crippen LogP contribution < -0.4 is 4.74 Å². The van der Waals surface area contributed by atoms with E-state index in [2.05, 4.69) is 17.1 Å². The smallest absolute Gasteiger partial charge is 0.137 e. The Bertz CT molecular complexity index is 501. The molecular formula is C17H20ClNO. The van der Waals surface area contributed by atoms with Crippen LogP contribution >= 0.6 is 11.6 Å². The van der Waals surface area contributed by atoms with Crippen LogP contribution in [-0.2, 0) is 6.42 Å². The zero-order valence-corrected chi connectivity index (χ0v) is 12.4. The van der Waals surface area contributed by atoms with Gasteiger partial charge in [0.2, 0.25) is 0 Å². The Kier molecular flexibility index (Phi) is 6.39. The van der Waals surface area contributed by atoms with E-state index in [-0.39, 0.29) is 0 Å². The molecule has 0 saturated heterocycles. The van der Waals surface area contributed by atoms with Gasteiger partial charge in [-0.25, -0.2) is 0 Å². The highest BCUT2D eigenvalue weighted by Gasteiger charge is 1.99. The summed E-state index contributed by atoms with van der Waals surface area (Å²) in [6.07, 6.45) is 9.55. The molecule has 0 saturated carbocycles. The second kappa shape index (κ2) is 8.60. The Morgan fingerprint density at radius 3 is 2.45 bits per heavy atom. The quantitative estimate of drug-likeness (QED) is 0.644. The molecule has 1 aromatic heterocycles. The zero-order chi connectivity index (χ0) is 14.0. The highest BCUT2D eigenvalue weighted by molar-refractivity contribution is 6.32. The molecule has 106 valence electrons. The van der Waals surface area contributed by atoms with Crippen molar-refractivity contribution in [3.63, 3.8) is 0 Å². The van der Waals surface area contributed by atoms with Gasteiger partial charge in [0.05, 0.1) is 11.6 Å². The molecule has 0 fully saturated rings. The molecular weight excluding hydrogens is 270 g/mol. The normalized spacial score (nSPS) is 10.4. The molecule has 0 aliphatic rings. The van der Waals surface area contributed by atoms with Crippen molar-refractivity contribution >= 4 is 11.6 Å². The first-order valence-corrected chi connectivity index (χ1v) is 7.50. The number of unbranched alkanes of at least 4 members (excludes halogenated alkanes) is 3. The highest BCUT2D eigenvalue weighted by atomic mass is 35.5. The van der Waals surface area contributed by atoms with Gasteiger partial charge >= 0.3 is 0 Å². The average molecular weight is 290 g/mol. The van der Waals surface area contributed by atoms with Crippen LogP contribution in [0.25, 0.3) is 0 Å². The summed E-state index contributed by atoms with van der Waals surface area (Å²) in [6, 6.07) is 11.8. The third-order valence-electron chi connectivity index (χ3n) is 3.20. The number of aromatic nitrogens is 1. The molecule has 0 amide bonds. The number of nitrogens with zero attached hydrogens (tertiary/aromatic N) is 1. The number of pyridine rings is 1. The van der Waals surface area contributed by atoms with Gasteiger partial charge < -0.3 is 4.74 Å². The molecule has 0 unspecified atom stereocenters. The van der Waals surface area contributed by atoms with Crippen molar-refractivity contribution in [2.75, 3.05) is 6.61 Å². The topological polar surface area (TPSA) is 22.1 Å². The highest BCUT2D eigenvalue weighted by Crippen LogP contribution is 2.23. The van der Waals surface area contributed by atoms with Crippen LogP contribution in [-0.4, -0.2) is 11.6 Å². The third-order valence-corrected chi connectivity index (χ3v) is 3.52. The van der Waals surface area contributed by atoms with Crippen molar-refractivity contribution < 1.29 is 4.74 Å². The first kappa shape index (κ1) is 14.9. The minimum atomic E-state index is 0.685. The van der Waals surface area contributed by atoms with E-state index in [1.54, 1.807) is 0 Å². The number of aryl methyl sites for hydroxylation is 1. The van der Waals surface area contributed by atoms with Crippen molar-refractivity contribution in [3.8, 4) is 5.75 Å². The van der Waals surface area contributed by atoms with Gasteiger partial charge in [0.25, 0.3) is 0 Å². The van der Waals surface area contributed by atoms with Crippen molar-refractivity contribution in [1.29, 1.82) is 0 Å². The summed E-state index contributed by atoms with van der Waals surface area (Å²) in [5.74, 6) is 0.783. The average Bonchev–Trinajstić information content (AvgIpc) is 2.49. The van der Waals surface area contributed by atoms with Crippen molar-refractivity contribution in [3.05, 3.63) is 59.4 Å². The second-order valence-electron chi connectivity index (χ2n) is 4.80. The lowest BCUT2D eigenvalue weighted by molar-refractivity contribution is 0.305. The lowest BCUT2D eigenvalue weighted by atomic mass is 10.1. The maximum atomic E-state index is 6.02. The summed E-state index contributed by atoms with van der Waals surface area (Å²) in [5, 5.41) is 0.685. The first-order valence-electron chi connectivity index (χ1n) is 7.12. The van der Waals surface area contributed by atoms with Gasteiger partial charge in [0.1, 0.15) is 5.75 Å². The van der Waals surface area contributed by atoms with Crippen LogP contribution in [0.2, 0.25) is 5.02 Å². The van der Waals surface area contributed by atoms with E-state index in [1.165, 1.54) is 24.8 Å². The van der Waals surface area contributed by atoms with Crippen LogP contribution in [0.1, 0.15) is 31.2 Å². The van der Waals surface area contributed by atoms with E-state index < -0.39 is 0 Å². The van der Waals surface area contributed by atoms with E-state index in [0.29, 0.717) is 5.02 Å². The van der Waals surface area contributed by atoms with Crippen LogP contribution in [0.4, 0.5) is 0 Å². The summed E-state index contributed by atoms with van der Waals surface area (Å²) in [6.45, 7) is 0.735. The second-order valence-corrected chi connectivity index (χ2v) is 5.21. The molecule has 1 aromatic carbocycles. The summed E-state index contributed by atoms with van der Waals surface area (Å²) < 4.78 is 5.66. The fraction of sp³-hybridized carbons (Fsp3) is 0.353. The standard InChI is InChI=1S/C17H20ClNO/c18-16-8-4-5-9-17(16)20-14-6-2-1-3-7-15-10-12-19-13-11-15/h4-5,8-13H,1-3,6-7,14H2. The Morgan fingerprint density at radius 1 is 0.900 bits per heavy atom. The van der Waals surface area contributed by atoms with Crippen LogP contribution in [0.5, 0.6) is 5.75 Å². The lowest BCUT2D eigenvalue weighted by Crippen LogP contribution is -1.98. The number of rotatable bonds is 8. The van der Waals surface area contributed by atoms with Gasteiger partial charge in [-0.3, -0.25) is 4.98 Å². The van der Waals surface area contributed by atoms with Gasteiger partial charge in [-0.1, -0.05) is 36.6 Å². The molecule has 0 aliphatic heterocycles. The van der Waals surface area contributed by atoms with Crippen LogP contribution in [0.3, 0.4) is 0 Å². The van der Waals surface area contributed by atoms with Gasteiger partial charge in [0, 0.05) is 12.4 Å². The van der Waals surface area contributed by atoms with Gasteiger partial charge in [-0.05, 0) is 49.1 Å². The largest absolute Gasteiger partial charge is 0.492 e. The SMILES string of the molecule is Clc1ccccc1OCCCCCCc1ccncc1. The fourth-order valence-corrected chi connectivity index (χ4v) is 2.27. The number of hydrogen-bond donors (Lipinski definition) is 0. The number of halogens is 1. The zero-order valence-electron chi connectivity index (χ0n) is 11.6. The first-order chi connectivity index (χ1) is 9.86. The van der Waals surface area contributed by atoms with Crippen LogP contribution in [0.15, 0.2) is 48.8 Å². The fourth-order valence-electron chi connectivity index (χ4n) is 2.08. The predicted octanol–water partition coefficient (Wildman–Crippen LogP) is 4.92. The molecule has 0 radical (unpaired) electrons. The summed E-state index contributed by atoms with van der Waals surface area (Å²) in [4.78, 5) is 4.02. The summed E-state index contributed by atoms with van der Waals surface area (Å²) >= 11 is 6.02. The molecule has 20 heavy (non-hydrogen) atoms. The molecule has 3 heteroatoms. The summed E-state index contributed by atoms with van der Waals surface area (Å²) in [5.41, 5.74) is 1.37. The molecule has 0 bridgehead atoms. The van der Waals surface area contributed by atoms with E-state index in [9.17, 15) is 0 Å². The molecule has 1 heterocycles. The predicted molar refractivity (Wildman–Crippen MR) is 83.4 cm³/mol. The van der Waals surface area contributed by atoms with Crippen LogP contribution in [0, 0.1) is 0 Å². The number of ether oxygens (including phenoxy) is 1. The van der Waals surface area contributed by atoms with E-state index in [4.69, 9.17) is 16.3 Å². The number of hydrogen-bond acceptors (Lipinski definition) is 2. The van der Waals surface area contributed by atoms with Crippen molar-refractivity contribution in [1.82, 2.24) is 4.98 Å². The molecule has 0 N–H and O–H groups in total. The molecule has 0 aliphatic carbocycles. The minimum absolute atomic E-state index is 0.685. The van der Waals surface area contributed by atoms with Gasteiger partial charge in [-0.2, -0.15) is 0 Å². The minimum Gasteiger partial charge on any atom is -0.492 e. The van der Waals surface area contributed by atoms with Crippen molar-refractivity contribution in [2.45, 2.75) is 32.1 Å². The molecule has 2 rings (SSSR count). The Balaban J connectivity index is 1.53. The molecule has 2 nitrogen and oxygen atoms in total. The Labute approximate surface area is 125 Å². The van der Waals surface area contributed by atoms with Crippen molar-refractivity contribution in [2.24, 2.45) is 0 Å². The monoisotopic (exact) mass is 289 g/mol. The lowest BCUT2D eigenvalue weighted by Gasteiger charge is -2.07. The molecule has 2 aromatic rings. The van der Waals surface area contributed by atoms with E-state index in [0.717, 1.165) is 25.2 Å².